The van der Waals surface area contributed by atoms with Crippen molar-refractivity contribution in [3.05, 3.63) is 30.1 Å². The van der Waals surface area contributed by atoms with Crippen molar-refractivity contribution < 1.29 is 4.79 Å². The van der Waals surface area contributed by atoms with Crippen LogP contribution < -0.4 is 11.1 Å². The second kappa shape index (κ2) is 5.55. The molecule has 1 fully saturated rings. The minimum atomic E-state index is -0.0539. The van der Waals surface area contributed by atoms with Gasteiger partial charge in [-0.15, -0.1) is 0 Å². The minimum absolute atomic E-state index is 0.0539. The van der Waals surface area contributed by atoms with Gasteiger partial charge in [-0.25, -0.2) is 9.97 Å². The average molecular weight is 298 g/mol. The van der Waals surface area contributed by atoms with E-state index in [0.29, 0.717) is 28.2 Å². The molecule has 3 N–H and O–H groups in total. The van der Waals surface area contributed by atoms with Crippen LogP contribution in [0.3, 0.4) is 0 Å². The quantitative estimate of drug-likeness (QED) is 0.913. The summed E-state index contributed by atoms with van der Waals surface area (Å²) in [6, 6.07) is 5.35. The Kier molecular flexibility index (Phi) is 3.72. The van der Waals surface area contributed by atoms with Gasteiger partial charge in [0, 0.05) is 17.5 Å². The molecule has 0 spiro atoms. The Hall–Kier alpha value is -2.17. The topological polar surface area (TPSA) is 80.9 Å². The first kappa shape index (κ1) is 14.8. The van der Waals surface area contributed by atoms with Crippen molar-refractivity contribution in [2.45, 2.75) is 33.1 Å². The van der Waals surface area contributed by atoms with Crippen molar-refractivity contribution >= 4 is 22.6 Å². The molecular weight excluding hydrogens is 276 g/mol. The highest BCUT2D eigenvalue weighted by Gasteiger charge is 2.34. The molecule has 1 aliphatic rings. The van der Waals surface area contributed by atoms with Gasteiger partial charge in [-0.2, -0.15) is 0 Å². The maximum Gasteiger partial charge on any atom is 0.251 e. The molecule has 0 saturated heterocycles. The van der Waals surface area contributed by atoms with E-state index in [1.54, 1.807) is 18.2 Å². The van der Waals surface area contributed by atoms with Crippen LogP contribution in [0.4, 0.5) is 5.82 Å². The van der Waals surface area contributed by atoms with Crippen LogP contribution in [0.5, 0.6) is 0 Å². The standard InChI is InChI=1S/C17H22N4O/c1-17(2)7-3-4-12(17)9-19-16(22)11-5-6-13-14(8-11)20-10-21-15(13)18/h5-6,8,10,12H,3-4,7,9H2,1-2H3,(H,19,22)(H2,18,20,21). The molecule has 3 rings (SSSR count). The third-order valence-corrected chi connectivity index (χ3v) is 4.92. The van der Waals surface area contributed by atoms with E-state index in [2.05, 4.69) is 29.1 Å². The van der Waals surface area contributed by atoms with E-state index >= 15 is 0 Å². The summed E-state index contributed by atoms with van der Waals surface area (Å²) in [5.74, 6) is 0.932. The highest BCUT2D eigenvalue weighted by molar-refractivity contribution is 5.99. The number of nitrogens with two attached hydrogens (primary N) is 1. The number of rotatable bonds is 3. The Morgan fingerprint density at radius 3 is 2.95 bits per heavy atom. The lowest BCUT2D eigenvalue weighted by molar-refractivity contribution is 0.0937. The smallest absolute Gasteiger partial charge is 0.251 e. The van der Waals surface area contributed by atoms with Crippen molar-refractivity contribution in [1.29, 1.82) is 0 Å². The zero-order valence-electron chi connectivity index (χ0n) is 13.1. The maximum absolute atomic E-state index is 12.4. The van der Waals surface area contributed by atoms with Crippen LogP contribution in [0.15, 0.2) is 24.5 Å². The van der Waals surface area contributed by atoms with Gasteiger partial charge in [0.05, 0.1) is 5.52 Å². The van der Waals surface area contributed by atoms with Gasteiger partial charge in [0.15, 0.2) is 0 Å². The minimum Gasteiger partial charge on any atom is -0.383 e. The molecule has 1 heterocycles. The predicted molar refractivity (Wildman–Crippen MR) is 87.4 cm³/mol. The Morgan fingerprint density at radius 2 is 2.23 bits per heavy atom. The van der Waals surface area contributed by atoms with Crippen LogP contribution in [0.25, 0.3) is 10.9 Å². The maximum atomic E-state index is 12.4. The molecule has 1 unspecified atom stereocenters. The lowest BCUT2D eigenvalue weighted by atomic mass is 9.82. The monoisotopic (exact) mass is 298 g/mol. The van der Waals surface area contributed by atoms with Crippen molar-refractivity contribution in [3.63, 3.8) is 0 Å². The molecule has 5 nitrogen and oxygen atoms in total. The fourth-order valence-electron chi connectivity index (χ4n) is 3.31. The summed E-state index contributed by atoms with van der Waals surface area (Å²) in [4.78, 5) is 20.5. The Labute approximate surface area is 130 Å². The molecule has 1 aromatic heterocycles. The summed E-state index contributed by atoms with van der Waals surface area (Å²) in [6.45, 7) is 5.30. The number of hydrogen-bond acceptors (Lipinski definition) is 4. The number of aromatic nitrogens is 2. The van der Waals surface area contributed by atoms with E-state index in [4.69, 9.17) is 5.73 Å². The number of benzene rings is 1. The summed E-state index contributed by atoms with van der Waals surface area (Å²) in [7, 11) is 0. The SMILES string of the molecule is CC1(C)CCCC1CNC(=O)c1ccc2c(N)ncnc2c1. The summed E-state index contributed by atoms with van der Waals surface area (Å²) >= 11 is 0. The normalized spacial score (nSPS) is 20.2. The van der Waals surface area contributed by atoms with Gasteiger partial charge >= 0.3 is 0 Å². The molecule has 1 atom stereocenters. The zero-order valence-corrected chi connectivity index (χ0v) is 13.1. The lowest BCUT2D eigenvalue weighted by Crippen LogP contribution is -2.33. The molecule has 116 valence electrons. The van der Waals surface area contributed by atoms with Gasteiger partial charge in [-0.1, -0.05) is 20.3 Å². The van der Waals surface area contributed by atoms with E-state index in [9.17, 15) is 4.79 Å². The number of nitrogen functional groups attached to an aromatic ring is 1. The number of nitrogens with zero attached hydrogens (tertiary/aromatic N) is 2. The molecule has 1 amide bonds. The van der Waals surface area contributed by atoms with Crippen LogP contribution in [0.1, 0.15) is 43.5 Å². The number of carbonyl (C=O) groups is 1. The van der Waals surface area contributed by atoms with Crippen LogP contribution in [-0.4, -0.2) is 22.4 Å². The third-order valence-electron chi connectivity index (χ3n) is 4.92. The molecule has 5 heteroatoms. The van der Waals surface area contributed by atoms with Crippen LogP contribution in [0, 0.1) is 11.3 Å². The summed E-state index contributed by atoms with van der Waals surface area (Å²) in [5.41, 5.74) is 7.43. The first-order valence-corrected chi connectivity index (χ1v) is 7.76. The second-order valence-electron chi connectivity index (χ2n) is 6.78. The molecule has 1 aromatic carbocycles. The average Bonchev–Trinajstić information content (AvgIpc) is 2.83. The number of hydrogen-bond donors (Lipinski definition) is 2. The molecule has 22 heavy (non-hydrogen) atoms. The zero-order chi connectivity index (χ0) is 15.7. The van der Waals surface area contributed by atoms with Crippen LogP contribution in [0.2, 0.25) is 0 Å². The highest BCUT2D eigenvalue weighted by atomic mass is 16.1. The van der Waals surface area contributed by atoms with E-state index in [1.807, 2.05) is 0 Å². The first-order chi connectivity index (χ1) is 10.5. The number of carbonyl (C=O) groups excluding carboxylic acids is 1. The number of fused-ring (bicyclic) bond motifs is 1. The molecular formula is C17H22N4O. The van der Waals surface area contributed by atoms with Crippen molar-refractivity contribution in [2.75, 3.05) is 12.3 Å². The largest absolute Gasteiger partial charge is 0.383 e. The van der Waals surface area contributed by atoms with Gasteiger partial charge in [0.1, 0.15) is 12.1 Å². The molecule has 0 bridgehead atoms. The Balaban J connectivity index is 1.72. The third kappa shape index (κ3) is 2.75. The first-order valence-electron chi connectivity index (χ1n) is 7.76. The molecule has 0 radical (unpaired) electrons. The Morgan fingerprint density at radius 1 is 1.41 bits per heavy atom. The second-order valence-corrected chi connectivity index (χ2v) is 6.78. The number of nitrogens with one attached hydrogen (secondary N) is 1. The van der Waals surface area contributed by atoms with Gasteiger partial charge in [0.25, 0.3) is 5.91 Å². The van der Waals surface area contributed by atoms with Crippen LogP contribution >= 0.6 is 0 Å². The molecule has 2 aromatic rings. The summed E-state index contributed by atoms with van der Waals surface area (Å²) in [5, 5.41) is 3.84. The molecule has 0 aliphatic heterocycles. The van der Waals surface area contributed by atoms with E-state index in [1.165, 1.54) is 25.6 Å². The van der Waals surface area contributed by atoms with Crippen molar-refractivity contribution in [3.8, 4) is 0 Å². The van der Waals surface area contributed by atoms with E-state index < -0.39 is 0 Å². The van der Waals surface area contributed by atoms with Gasteiger partial charge < -0.3 is 11.1 Å². The summed E-state index contributed by atoms with van der Waals surface area (Å²) in [6.07, 6.45) is 5.09. The predicted octanol–water partition coefficient (Wildman–Crippen LogP) is 2.77. The molecule has 1 saturated carbocycles. The molecule has 1 aliphatic carbocycles. The summed E-state index contributed by atoms with van der Waals surface area (Å²) < 4.78 is 0. The van der Waals surface area contributed by atoms with Crippen LogP contribution in [-0.2, 0) is 0 Å². The fraction of sp³-hybridized carbons (Fsp3) is 0.471. The number of anilines is 1. The van der Waals surface area contributed by atoms with Crippen molar-refractivity contribution in [1.82, 2.24) is 15.3 Å². The van der Waals surface area contributed by atoms with Gasteiger partial charge in [-0.05, 0) is 42.4 Å². The fourth-order valence-corrected chi connectivity index (χ4v) is 3.31. The van der Waals surface area contributed by atoms with E-state index in [0.717, 1.165) is 11.9 Å². The van der Waals surface area contributed by atoms with Gasteiger partial charge in [0.2, 0.25) is 0 Å². The highest BCUT2D eigenvalue weighted by Crippen LogP contribution is 2.42. The van der Waals surface area contributed by atoms with Gasteiger partial charge in [-0.3, -0.25) is 4.79 Å². The van der Waals surface area contributed by atoms with E-state index in [-0.39, 0.29) is 5.91 Å². The van der Waals surface area contributed by atoms with Crippen molar-refractivity contribution in [2.24, 2.45) is 11.3 Å². The Bertz CT molecular complexity index is 711. The lowest BCUT2D eigenvalue weighted by Gasteiger charge is -2.27. The number of amides is 1.